The number of H-pyrrole nitrogens is 1. The van der Waals surface area contributed by atoms with Crippen LogP contribution in [0, 0.1) is 0 Å². The van der Waals surface area contributed by atoms with E-state index in [1.807, 2.05) is 30.3 Å². The summed E-state index contributed by atoms with van der Waals surface area (Å²) in [6.07, 6.45) is -0.659. The van der Waals surface area contributed by atoms with Crippen LogP contribution in [0.3, 0.4) is 0 Å². The molecule has 0 fully saturated rings. The third kappa shape index (κ3) is 3.82. The van der Waals surface area contributed by atoms with Crippen LogP contribution in [0.4, 0.5) is 10.7 Å². The number of carbonyl (C=O) groups excluding carboxylic acids is 1. The van der Waals surface area contributed by atoms with Crippen LogP contribution in [0.5, 0.6) is 5.75 Å². The number of anilines is 1. The average molecular weight is 345 g/mol. The molecule has 7 nitrogen and oxygen atoms in total. The van der Waals surface area contributed by atoms with Gasteiger partial charge in [0.2, 0.25) is 0 Å². The Morgan fingerprint density at radius 1 is 1.25 bits per heavy atom. The fourth-order valence-electron chi connectivity index (χ4n) is 1.95. The molecule has 0 saturated carbocycles. The molecule has 0 bridgehead atoms. The zero-order valence-electron chi connectivity index (χ0n) is 12.4. The molecule has 1 heterocycles. The van der Waals surface area contributed by atoms with E-state index in [0.29, 0.717) is 11.4 Å². The van der Waals surface area contributed by atoms with Crippen molar-refractivity contribution in [2.75, 3.05) is 5.32 Å². The summed E-state index contributed by atoms with van der Waals surface area (Å²) < 4.78 is 5.08. The number of phenols is 1. The normalized spacial score (nSPS) is 10.4. The summed E-state index contributed by atoms with van der Waals surface area (Å²) in [5.74, 6) is 0.449. The third-order valence-corrected chi connectivity index (χ3v) is 3.44. The molecule has 1 amide bonds. The third-order valence-electron chi connectivity index (χ3n) is 3.13. The second kappa shape index (κ2) is 7.01. The van der Waals surface area contributed by atoms with Crippen molar-refractivity contribution in [1.29, 1.82) is 0 Å². The Kier molecular flexibility index (Phi) is 4.62. The highest BCUT2D eigenvalue weighted by Crippen LogP contribution is 2.27. The van der Waals surface area contributed by atoms with E-state index in [4.69, 9.17) is 16.3 Å². The number of nitrogens with one attached hydrogen (secondary N) is 2. The molecule has 8 heteroatoms. The molecule has 3 aromatic rings. The summed E-state index contributed by atoms with van der Waals surface area (Å²) in [5, 5.41) is 18.6. The largest absolute Gasteiger partial charge is 0.506 e. The predicted molar refractivity (Wildman–Crippen MR) is 88.7 cm³/mol. The smallest absolute Gasteiger partial charge is 0.414 e. The van der Waals surface area contributed by atoms with E-state index in [-0.39, 0.29) is 23.3 Å². The number of amides is 1. The minimum atomic E-state index is -0.659. The Hall–Kier alpha value is -3.06. The fourth-order valence-corrected chi connectivity index (χ4v) is 2.13. The van der Waals surface area contributed by atoms with Gasteiger partial charge in [0, 0.05) is 5.56 Å². The van der Waals surface area contributed by atoms with E-state index in [1.165, 1.54) is 12.1 Å². The second-order valence-electron chi connectivity index (χ2n) is 4.86. The number of halogens is 1. The van der Waals surface area contributed by atoms with Crippen LogP contribution in [-0.2, 0) is 11.3 Å². The number of carbonyl (C=O) groups is 1. The average Bonchev–Trinajstić information content (AvgIpc) is 3.05. The number of ether oxygens (including phenoxy) is 1. The van der Waals surface area contributed by atoms with Crippen LogP contribution >= 0.6 is 11.6 Å². The molecular formula is C16H13ClN4O3. The number of benzene rings is 2. The van der Waals surface area contributed by atoms with E-state index in [2.05, 4.69) is 20.5 Å². The van der Waals surface area contributed by atoms with Crippen LogP contribution in [0.25, 0.3) is 11.4 Å². The standard InChI is InChI=1S/C16H13ClN4O3/c17-12-8-11(6-7-13(12)22)14-18-15(21-20-14)19-16(23)24-9-10-4-2-1-3-5-10/h1-8,22H,9H2,(H2,18,19,20,21,23). The van der Waals surface area contributed by atoms with Crippen LogP contribution < -0.4 is 5.32 Å². The molecule has 3 N–H and O–H groups in total. The van der Waals surface area contributed by atoms with E-state index >= 15 is 0 Å². The van der Waals surface area contributed by atoms with Gasteiger partial charge in [-0.05, 0) is 23.8 Å². The van der Waals surface area contributed by atoms with Crippen molar-refractivity contribution in [2.24, 2.45) is 0 Å². The van der Waals surface area contributed by atoms with Crippen LogP contribution in [-0.4, -0.2) is 26.4 Å². The molecule has 0 aliphatic carbocycles. The zero-order valence-corrected chi connectivity index (χ0v) is 13.1. The van der Waals surface area contributed by atoms with Crippen molar-refractivity contribution < 1.29 is 14.6 Å². The zero-order chi connectivity index (χ0) is 16.9. The van der Waals surface area contributed by atoms with Gasteiger partial charge < -0.3 is 9.84 Å². The molecule has 0 atom stereocenters. The summed E-state index contributed by atoms with van der Waals surface area (Å²) in [6.45, 7) is 0.150. The lowest BCUT2D eigenvalue weighted by atomic mass is 10.2. The van der Waals surface area contributed by atoms with Gasteiger partial charge in [-0.15, -0.1) is 5.10 Å². The Morgan fingerprint density at radius 3 is 2.79 bits per heavy atom. The van der Waals surface area contributed by atoms with Crippen molar-refractivity contribution >= 4 is 23.6 Å². The van der Waals surface area contributed by atoms with Gasteiger partial charge in [0.1, 0.15) is 12.4 Å². The Balaban J connectivity index is 1.61. The first kappa shape index (κ1) is 15.8. The summed E-state index contributed by atoms with van der Waals surface area (Å²) in [7, 11) is 0. The first-order valence-electron chi connectivity index (χ1n) is 7.01. The van der Waals surface area contributed by atoms with E-state index in [0.717, 1.165) is 5.56 Å². The SMILES string of the molecule is O=C(Nc1n[nH]c(-c2ccc(O)c(Cl)c2)n1)OCc1ccccc1. The fraction of sp³-hybridized carbons (Fsp3) is 0.0625. The minimum absolute atomic E-state index is 0.0252. The molecule has 1 aromatic heterocycles. The van der Waals surface area contributed by atoms with Crippen molar-refractivity contribution in [2.45, 2.75) is 6.61 Å². The number of hydrogen-bond donors (Lipinski definition) is 3. The number of hydrogen-bond acceptors (Lipinski definition) is 5. The highest BCUT2D eigenvalue weighted by Gasteiger charge is 2.11. The molecule has 2 aromatic carbocycles. The van der Waals surface area contributed by atoms with Gasteiger partial charge in [-0.1, -0.05) is 41.9 Å². The highest BCUT2D eigenvalue weighted by atomic mass is 35.5. The number of aromatic hydroxyl groups is 1. The molecule has 0 spiro atoms. The number of aromatic nitrogens is 3. The van der Waals surface area contributed by atoms with Gasteiger partial charge in [0.25, 0.3) is 5.95 Å². The minimum Gasteiger partial charge on any atom is -0.506 e. The number of rotatable bonds is 4. The monoisotopic (exact) mass is 344 g/mol. The first-order chi connectivity index (χ1) is 11.6. The lowest BCUT2D eigenvalue weighted by Gasteiger charge is -2.04. The topological polar surface area (TPSA) is 100 Å². The quantitative estimate of drug-likeness (QED) is 0.671. The van der Waals surface area contributed by atoms with Gasteiger partial charge >= 0.3 is 6.09 Å². The lowest BCUT2D eigenvalue weighted by Crippen LogP contribution is -2.14. The van der Waals surface area contributed by atoms with Gasteiger partial charge in [-0.25, -0.2) is 4.79 Å². The molecule has 0 radical (unpaired) electrons. The highest BCUT2D eigenvalue weighted by molar-refractivity contribution is 6.32. The summed E-state index contributed by atoms with van der Waals surface area (Å²) >= 11 is 5.85. The first-order valence-corrected chi connectivity index (χ1v) is 7.38. The molecule has 0 unspecified atom stereocenters. The lowest BCUT2D eigenvalue weighted by molar-refractivity contribution is 0.155. The predicted octanol–water partition coefficient (Wildman–Crippen LogP) is 3.58. The van der Waals surface area contributed by atoms with Gasteiger partial charge in [0.15, 0.2) is 5.82 Å². The van der Waals surface area contributed by atoms with Crippen LogP contribution in [0.1, 0.15) is 5.56 Å². The Morgan fingerprint density at radius 2 is 2.04 bits per heavy atom. The Bertz CT molecular complexity index is 852. The summed E-state index contributed by atoms with van der Waals surface area (Å²) in [6, 6.07) is 13.9. The summed E-state index contributed by atoms with van der Waals surface area (Å²) in [4.78, 5) is 15.9. The number of aromatic amines is 1. The molecule has 122 valence electrons. The van der Waals surface area contributed by atoms with E-state index < -0.39 is 6.09 Å². The number of nitrogens with zero attached hydrogens (tertiary/aromatic N) is 2. The van der Waals surface area contributed by atoms with E-state index in [1.54, 1.807) is 6.07 Å². The molecule has 3 rings (SSSR count). The van der Waals surface area contributed by atoms with Crippen molar-refractivity contribution in [3.05, 3.63) is 59.1 Å². The number of phenolic OH excluding ortho intramolecular Hbond substituents is 1. The van der Waals surface area contributed by atoms with Gasteiger partial charge in [-0.2, -0.15) is 4.98 Å². The van der Waals surface area contributed by atoms with Crippen LogP contribution in [0.2, 0.25) is 5.02 Å². The van der Waals surface area contributed by atoms with E-state index in [9.17, 15) is 9.90 Å². The van der Waals surface area contributed by atoms with Crippen LogP contribution in [0.15, 0.2) is 48.5 Å². The van der Waals surface area contributed by atoms with Crippen molar-refractivity contribution in [3.63, 3.8) is 0 Å². The second-order valence-corrected chi connectivity index (χ2v) is 5.27. The van der Waals surface area contributed by atoms with Gasteiger partial charge in [0.05, 0.1) is 5.02 Å². The molecule has 0 saturated heterocycles. The molecule has 0 aliphatic heterocycles. The Labute approximate surface area is 142 Å². The maximum Gasteiger partial charge on any atom is 0.414 e. The molecular weight excluding hydrogens is 332 g/mol. The van der Waals surface area contributed by atoms with Crippen molar-refractivity contribution in [3.8, 4) is 17.1 Å². The summed E-state index contributed by atoms with van der Waals surface area (Å²) in [5.41, 5.74) is 1.50. The maximum absolute atomic E-state index is 11.7. The van der Waals surface area contributed by atoms with Crippen molar-refractivity contribution in [1.82, 2.24) is 15.2 Å². The van der Waals surface area contributed by atoms with Gasteiger partial charge in [-0.3, -0.25) is 10.4 Å². The molecule has 24 heavy (non-hydrogen) atoms. The molecule has 0 aliphatic rings. The maximum atomic E-state index is 11.7.